The maximum absolute atomic E-state index is 13.4. The van der Waals surface area contributed by atoms with Crippen LogP contribution >= 0.6 is 11.3 Å². The molecule has 1 aromatic heterocycles. The quantitative estimate of drug-likeness (QED) is 0.756. The van der Waals surface area contributed by atoms with Gasteiger partial charge in [0.15, 0.2) is 0 Å². The van der Waals surface area contributed by atoms with Gasteiger partial charge in [-0.1, -0.05) is 12.1 Å². The van der Waals surface area contributed by atoms with Crippen LogP contribution in [0.15, 0.2) is 41.8 Å². The summed E-state index contributed by atoms with van der Waals surface area (Å²) in [6.07, 6.45) is 0.627. The number of carbonyl (C=O) groups is 3. The van der Waals surface area contributed by atoms with E-state index in [0.717, 1.165) is 4.88 Å². The number of nitrogens with zero attached hydrogens (tertiary/aromatic N) is 3. The summed E-state index contributed by atoms with van der Waals surface area (Å²) in [6, 6.07) is 8.45. The Bertz CT molecular complexity index is 886. The predicted molar refractivity (Wildman–Crippen MR) is 97.9 cm³/mol. The summed E-state index contributed by atoms with van der Waals surface area (Å²) in [5.74, 6) is -1.08. The lowest BCUT2D eigenvalue weighted by molar-refractivity contribution is -0.129. The standard InChI is InChI=1S/C19H18FN3O3S/c20-14-4-1-3-13(11-14)17(24)21-8-9-22-16(12-21)18(25)23(19(22)26)7-6-15-5-2-10-27-15/h1-5,10-11,16H,6-9,12H2/t16-/m1/s1. The van der Waals surface area contributed by atoms with Crippen LogP contribution in [0.2, 0.25) is 0 Å². The van der Waals surface area contributed by atoms with Crippen LogP contribution < -0.4 is 0 Å². The summed E-state index contributed by atoms with van der Waals surface area (Å²) in [5, 5.41) is 1.96. The second kappa shape index (κ2) is 7.11. The van der Waals surface area contributed by atoms with Gasteiger partial charge < -0.3 is 9.80 Å². The molecule has 2 saturated heterocycles. The van der Waals surface area contributed by atoms with Gasteiger partial charge in [-0.05, 0) is 36.1 Å². The first-order valence-electron chi connectivity index (χ1n) is 8.74. The van der Waals surface area contributed by atoms with Crippen molar-refractivity contribution in [3.8, 4) is 0 Å². The number of urea groups is 1. The van der Waals surface area contributed by atoms with Crippen LogP contribution in [0.25, 0.3) is 0 Å². The molecule has 140 valence electrons. The molecule has 2 aliphatic rings. The van der Waals surface area contributed by atoms with Crippen molar-refractivity contribution in [1.29, 1.82) is 0 Å². The largest absolute Gasteiger partial charge is 0.334 e. The van der Waals surface area contributed by atoms with Crippen molar-refractivity contribution in [2.75, 3.05) is 26.2 Å². The fraction of sp³-hybridized carbons (Fsp3) is 0.316. The first kappa shape index (κ1) is 17.7. The van der Waals surface area contributed by atoms with Gasteiger partial charge in [0.1, 0.15) is 11.9 Å². The van der Waals surface area contributed by atoms with Crippen molar-refractivity contribution in [3.63, 3.8) is 0 Å². The normalized spacial score (nSPS) is 19.6. The van der Waals surface area contributed by atoms with E-state index in [0.29, 0.717) is 26.1 Å². The molecule has 8 heteroatoms. The maximum atomic E-state index is 13.4. The fourth-order valence-corrected chi connectivity index (χ4v) is 4.22. The van der Waals surface area contributed by atoms with Gasteiger partial charge in [-0.3, -0.25) is 14.5 Å². The Morgan fingerprint density at radius 3 is 2.78 bits per heavy atom. The van der Waals surface area contributed by atoms with Crippen LogP contribution in [-0.4, -0.2) is 64.8 Å². The van der Waals surface area contributed by atoms with E-state index in [9.17, 15) is 18.8 Å². The number of rotatable bonds is 4. The number of thiophene rings is 1. The maximum Gasteiger partial charge on any atom is 0.327 e. The third-order valence-electron chi connectivity index (χ3n) is 4.93. The third kappa shape index (κ3) is 3.32. The zero-order valence-corrected chi connectivity index (χ0v) is 15.3. The summed E-state index contributed by atoms with van der Waals surface area (Å²) in [6.45, 7) is 1.09. The zero-order valence-electron chi connectivity index (χ0n) is 14.5. The van der Waals surface area contributed by atoms with Gasteiger partial charge in [0.05, 0.1) is 6.54 Å². The monoisotopic (exact) mass is 387 g/mol. The highest BCUT2D eigenvalue weighted by Crippen LogP contribution is 2.24. The average molecular weight is 387 g/mol. The zero-order chi connectivity index (χ0) is 19.0. The van der Waals surface area contributed by atoms with Crippen molar-refractivity contribution in [3.05, 3.63) is 58.0 Å². The number of hydrogen-bond acceptors (Lipinski definition) is 4. The lowest BCUT2D eigenvalue weighted by Gasteiger charge is -2.35. The minimum atomic E-state index is -0.660. The lowest BCUT2D eigenvalue weighted by Crippen LogP contribution is -2.54. The Morgan fingerprint density at radius 2 is 2.04 bits per heavy atom. The second-order valence-corrected chi connectivity index (χ2v) is 7.60. The van der Waals surface area contributed by atoms with E-state index in [4.69, 9.17) is 0 Å². The Labute approximate surface area is 159 Å². The average Bonchev–Trinajstić information content (AvgIpc) is 3.27. The number of fused-ring (bicyclic) bond motifs is 1. The highest BCUT2D eigenvalue weighted by molar-refractivity contribution is 7.09. The molecule has 6 nitrogen and oxygen atoms in total. The summed E-state index contributed by atoms with van der Waals surface area (Å²) in [4.78, 5) is 43.4. The molecule has 4 rings (SSSR count). The highest BCUT2D eigenvalue weighted by atomic mass is 32.1. The number of piperazine rings is 1. The van der Waals surface area contributed by atoms with E-state index in [2.05, 4.69) is 0 Å². The highest BCUT2D eigenvalue weighted by Gasteiger charge is 2.48. The van der Waals surface area contributed by atoms with Gasteiger partial charge in [-0.15, -0.1) is 11.3 Å². The van der Waals surface area contributed by atoms with E-state index in [1.54, 1.807) is 17.4 Å². The third-order valence-corrected chi connectivity index (χ3v) is 5.86. The van der Waals surface area contributed by atoms with Gasteiger partial charge in [0.2, 0.25) is 0 Å². The summed E-state index contributed by atoms with van der Waals surface area (Å²) in [7, 11) is 0. The number of hydrogen-bond donors (Lipinski definition) is 0. The van der Waals surface area contributed by atoms with Gasteiger partial charge in [0, 0.05) is 30.1 Å². The van der Waals surface area contributed by atoms with E-state index in [-0.39, 0.29) is 30.0 Å². The molecule has 27 heavy (non-hydrogen) atoms. The fourth-order valence-electron chi connectivity index (χ4n) is 3.52. The molecule has 0 aliphatic carbocycles. The molecule has 2 aliphatic heterocycles. The number of imide groups is 1. The molecule has 0 unspecified atom stereocenters. The van der Waals surface area contributed by atoms with Crippen molar-refractivity contribution < 1.29 is 18.8 Å². The molecule has 0 N–H and O–H groups in total. The van der Waals surface area contributed by atoms with Crippen LogP contribution in [0, 0.1) is 5.82 Å². The van der Waals surface area contributed by atoms with Gasteiger partial charge in [-0.2, -0.15) is 0 Å². The van der Waals surface area contributed by atoms with Crippen LogP contribution in [0.1, 0.15) is 15.2 Å². The lowest BCUT2D eigenvalue weighted by atomic mass is 10.1. The van der Waals surface area contributed by atoms with Crippen LogP contribution in [0.4, 0.5) is 9.18 Å². The van der Waals surface area contributed by atoms with Crippen molar-refractivity contribution in [1.82, 2.24) is 14.7 Å². The minimum absolute atomic E-state index is 0.134. The van der Waals surface area contributed by atoms with Gasteiger partial charge in [0.25, 0.3) is 11.8 Å². The smallest absolute Gasteiger partial charge is 0.327 e. The van der Waals surface area contributed by atoms with E-state index in [1.165, 1.54) is 32.9 Å². The molecule has 0 spiro atoms. The first-order chi connectivity index (χ1) is 13.0. The Hall–Kier alpha value is -2.74. The molecule has 3 heterocycles. The molecule has 0 bridgehead atoms. The first-order valence-corrected chi connectivity index (χ1v) is 9.62. The van der Waals surface area contributed by atoms with Crippen LogP contribution in [0.5, 0.6) is 0 Å². The molecule has 1 aromatic carbocycles. The van der Waals surface area contributed by atoms with Crippen LogP contribution in [-0.2, 0) is 11.2 Å². The molecule has 4 amide bonds. The number of halogens is 1. The van der Waals surface area contributed by atoms with Gasteiger partial charge in [-0.25, -0.2) is 9.18 Å². The summed E-state index contributed by atoms with van der Waals surface area (Å²) >= 11 is 1.59. The van der Waals surface area contributed by atoms with E-state index < -0.39 is 11.9 Å². The molecule has 1 atom stereocenters. The SMILES string of the molecule is O=C(c1cccc(F)c1)N1CCN2C(=O)N(CCc3cccs3)C(=O)[C@H]2C1. The number of carbonyl (C=O) groups excluding carboxylic acids is 3. The van der Waals surface area contributed by atoms with Crippen LogP contribution in [0.3, 0.4) is 0 Å². The Balaban J connectivity index is 1.45. The summed E-state index contributed by atoms with van der Waals surface area (Å²) in [5.41, 5.74) is 0.245. The molecular weight excluding hydrogens is 369 g/mol. The van der Waals surface area contributed by atoms with Gasteiger partial charge >= 0.3 is 6.03 Å². The van der Waals surface area contributed by atoms with Crippen molar-refractivity contribution in [2.24, 2.45) is 0 Å². The second-order valence-electron chi connectivity index (χ2n) is 6.57. The Kier molecular flexibility index (Phi) is 4.65. The molecule has 0 saturated carbocycles. The minimum Gasteiger partial charge on any atom is -0.334 e. The number of amides is 4. The Morgan fingerprint density at radius 1 is 1.19 bits per heavy atom. The molecular formula is C19H18FN3O3S. The van der Waals surface area contributed by atoms with Crippen molar-refractivity contribution >= 4 is 29.2 Å². The summed E-state index contributed by atoms with van der Waals surface area (Å²) < 4.78 is 13.4. The molecule has 2 aromatic rings. The molecule has 2 fully saturated rings. The topological polar surface area (TPSA) is 60.9 Å². The molecule has 0 radical (unpaired) electrons. The van der Waals surface area contributed by atoms with E-state index in [1.807, 2.05) is 17.5 Å². The van der Waals surface area contributed by atoms with Crippen molar-refractivity contribution in [2.45, 2.75) is 12.5 Å². The predicted octanol–water partition coefficient (Wildman–Crippen LogP) is 2.22. The number of benzene rings is 1. The van der Waals surface area contributed by atoms with E-state index >= 15 is 0 Å².